The third kappa shape index (κ3) is 5.16. The molecule has 0 radical (unpaired) electrons. The number of carbonyl (C=O) groups excluding carboxylic acids is 1. The summed E-state index contributed by atoms with van der Waals surface area (Å²) in [5.74, 6) is 0.778. The van der Waals surface area contributed by atoms with E-state index < -0.39 is 0 Å². The molecule has 2 N–H and O–H groups in total. The number of carbonyl (C=O) groups is 1. The fourth-order valence-electron chi connectivity index (χ4n) is 3.24. The molecule has 0 bridgehead atoms. The molecule has 1 aromatic rings. The van der Waals surface area contributed by atoms with E-state index in [9.17, 15) is 9.90 Å². The maximum atomic E-state index is 12.1. The molecule has 3 heteroatoms. The first-order valence-corrected chi connectivity index (χ1v) is 8.24. The lowest BCUT2D eigenvalue weighted by atomic mass is 9.88. The molecule has 1 fully saturated rings. The van der Waals surface area contributed by atoms with Gasteiger partial charge in [-0.25, -0.2) is 0 Å². The predicted octanol–water partition coefficient (Wildman–Crippen LogP) is 3.24. The Morgan fingerprint density at radius 1 is 1.14 bits per heavy atom. The minimum Gasteiger partial charge on any atom is -0.396 e. The van der Waals surface area contributed by atoms with Crippen molar-refractivity contribution in [3.05, 3.63) is 35.9 Å². The van der Waals surface area contributed by atoms with E-state index in [1.54, 1.807) is 0 Å². The van der Waals surface area contributed by atoms with E-state index >= 15 is 0 Å². The zero-order chi connectivity index (χ0) is 14.9. The minimum atomic E-state index is 0.191. The Morgan fingerprint density at radius 3 is 2.52 bits per heavy atom. The highest BCUT2D eigenvalue weighted by molar-refractivity contribution is 5.78. The lowest BCUT2D eigenvalue weighted by Crippen LogP contribution is -2.33. The number of hydrogen-bond acceptors (Lipinski definition) is 2. The topological polar surface area (TPSA) is 49.3 Å². The van der Waals surface area contributed by atoms with Crippen LogP contribution >= 0.6 is 0 Å². The average Bonchev–Trinajstić information content (AvgIpc) is 2.55. The van der Waals surface area contributed by atoms with Crippen LogP contribution in [0.4, 0.5) is 0 Å². The fraction of sp³-hybridized carbons (Fsp3) is 0.611. The quantitative estimate of drug-likeness (QED) is 0.809. The van der Waals surface area contributed by atoms with Crippen LogP contribution in [0.1, 0.15) is 56.4 Å². The van der Waals surface area contributed by atoms with Gasteiger partial charge in [-0.15, -0.1) is 0 Å². The third-order valence-electron chi connectivity index (χ3n) is 4.52. The molecule has 1 saturated carbocycles. The Bertz CT molecular complexity index is 412. The fourth-order valence-corrected chi connectivity index (χ4v) is 3.24. The van der Waals surface area contributed by atoms with Crippen molar-refractivity contribution < 1.29 is 9.90 Å². The maximum Gasteiger partial charge on any atom is 0.223 e. The summed E-state index contributed by atoms with van der Waals surface area (Å²) in [6.45, 7) is 0.894. The van der Waals surface area contributed by atoms with E-state index in [0.717, 1.165) is 25.7 Å². The van der Waals surface area contributed by atoms with Gasteiger partial charge in [0.15, 0.2) is 0 Å². The molecule has 1 aromatic carbocycles. The van der Waals surface area contributed by atoms with Gasteiger partial charge in [0.05, 0.1) is 0 Å². The van der Waals surface area contributed by atoms with Gasteiger partial charge in [0, 0.05) is 19.1 Å². The lowest BCUT2D eigenvalue weighted by molar-refractivity contribution is -0.125. The Morgan fingerprint density at radius 2 is 1.86 bits per heavy atom. The van der Waals surface area contributed by atoms with Crippen molar-refractivity contribution in [1.29, 1.82) is 0 Å². The van der Waals surface area contributed by atoms with Gasteiger partial charge >= 0.3 is 0 Å². The molecule has 0 heterocycles. The van der Waals surface area contributed by atoms with Gasteiger partial charge in [-0.05, 0) is 37.2 Å². The largest absolute Gasteiger partial charge is 0.396 e. The predicted molar refractivity (Wildman–Crippen MR) is 85.1 cm³/mol. The molecule has 1 aliphatic rings. The van der Waals surface area contributed by atoms with Crippen LogP contribution in [-0.4, -0.2) is 24.2 Å². The zero-order valence-electron chi connectivity index (χ0n) is 12.8. The highest BCUT2D eigenvalue weighted by Gasteiger charge is 2.21. The molecule has 1 atom stereocenters. The van der Waals surface area contributed by atoms with E-state index in [-0.39, 0.29) is 18.4 Å². The van der Waals surface area contributed by atoms with Crippen LogP contribution in [0.3, 0.4) is 0 Å². The second kappa shape index (κ2) is 8.83. The molecule has 0 aliphatic heterocycles. The van der Waals surface area contributed by atoms with Gasteiger partial charge in [0.1, 0.15) is 0 Å². The smallest absolute Gasteiger partial charge is 0.223 e. The van der Waals surface area contributed by atoms with E-state index in [1.165, 1.54) is 24.8 Å². The number of rotatable bonds is 7. The molecular weight excluding hydrogens is 262 g/mol. The minimum absolute atomic E-state index is 0.191. The first-order valence-electron chi connectivity index (χ1n) is 8.24. The van der Waals surface area contributed by atoms with Crippen molar-refractivity contribution in [3.63, 3.8) is 0 Å². The van der Waals surface area contributed by atoms with E-state index in [1.807, 2.05) is 18.2 Å². The summed E-state index contributed by atoms with van der Waals surface area (Å²) < 4.78 is 0. The first kappa shape index (κ1) is 16.0. The Balaban J connectivity index is 1.78. The summed E-state index contributed by atoms with van der Waals surface area (Å²) in [6, 6.07) is 10.3. The highest BCUT2D eigenvalue weighted by Crippen LogP contribution is 2.25. The van der Waals surface area contributed by atoms with Gasteiger partial charge in [-0.3, -0.25) is 4.79 Å². The van der Waals surface area contributed by atoms with Crippen LogP contribution in [-0.2, 0) is 4.79 Å². The summed E-state index contributed by atoms with van der Waals surface area (Å²) in [5, 5.41) is 12.3. The average molecular weight is 289 g/mol. The summed E-state index contributed by atoms with van der Waals surface area (Å²) in [6.07, 6.45) is 7.39. The number of aliphatic hydroxyl groups is 1. The molecular formula is C18H27NO2. The van der Waals surface area contributed by atoms with Crippen LogP contribution in [0.5, 0.6) is 0 Å². The molecule has 21 heavy (non-hydrogen) atoms. The number of nitrogens with one attached hydrogen (secondary N) is 1. The van der Waals surface area contributed by atoms with Crippen molar-refractivity contribution in [2.24, 2.45) is 5.92 Å². The van der Waals surface area contributed by atoms with Crippen molar-refractivity contribution in [1.82, 2.24) is 5.32 Å². The van der Waals surface area contributed by atoms with E-state index in [0.29, 0.717) is 12.5 Å². The number of aliphatic hydroxyl groups excluding tert-OH is 1. The van der Waals surface area contributed by atoms with Crippen molar-refractivity contribution in [2.75, 3.05) is 13.2 Å². The summed E-state index contributed by atoms with van der Waals surface area (Å²) in [5.41, 5.74) is 1.25. The molecule has 1 unspecified atom stereocenters. The van der Waals surface area contributed by atoms with Gasteiger partial charge in [0.25, 0.3) is 0 Å². The van der Waals surface area contributed by atoms with Crippen LogP contribution in [0.2, 0.25) is 0 Å². The lowest BCUT2D eigenvalue weighted by Gasteiger charge is -2.22. The Labute approximate surface area is 127 Å². The normalized spacial score (nSPS) is 17.4. The highest BCUT2D eigenvalue weighted by atomic mass is 16.3. The second-order valence-electron chi connectivity index (χ2n) is 6.03. The zero-order valence-corrected chi connectivity index (χ0v) is 12.8. The molecule has 0 saturated heterocycles. The molecule has 1 amide bonds. The first-order chi connectivity index (χ1) is 10.3. The van der Waals surface area contributed by atoms with Gasteiger partial charge < -0.3 is 10.4 Å². The monoisotopic (exact) mass is 289 g/mol. The SMILES string of the molecule is O=C(NCCC(CCO)c1ccccc1)C1CCCCC1. The van der Waals surface area contributed by atoms with Crippen molar-refractivity contribution in [3.8, 4) is 0 Å². The van der Waals surface area contributed by atoms with Crippen LogP contribution in [0, 0.1) is 5.92 Å². The molecule has 0 spiro atoms. The Kier molecular flexibility index (Phi) is 6.74. The van der Waals surface area contributed by atoms with E-state index in [4.69, 9.17) is 0 Å². The molecule has 2 rings (SSSR count). The van der Waals surface area contributed by atoms with Crippen LogP contribution < -0.4 is 5.32 Å². The number of hydrogen-bond donors (Lipinski definition) is 2. The maximum absolute atomic E-state index is 12.1. The van der Waals surface area contributed by atoms with Crippen molar-refractivity contribution >= 4 is 5.91 Å². The third-order valence-corrected chi connectivity index (χ3v) is 4.52. The number of benzene rings is 1. The van der Waals surface area contributed by atoms with E-state index in [2.05, 4.69) is 17.4 Å². The van der Waals surface area contributed by atoms with Gasteiger partial charge in [-0.1, -0.05) is 49.6 Å². The second-order valence-corrected chi connectivity index (χ2v) is 6.03. The van der Waals surface area contributed by atoms with Crippen molar-refractivity contribution in [2.45, 2.75) is 50.9 Å². The molecule has 1 aliphatic carbocycles. The number of amides is 1. The summed E-state index contributed by atoms with van der Waals surface area (Å²) >= 11 is 0. The summed E-state index contributed by atoms with van der Waals surface area (Å²) in [4.78, 5) is 12.1. The summed E-state index contributed by atoms with van der Waals surface area (Å²) in [7, 11) is 0. The Hall–Kier alpha value is -1.35. The van der Waals surface area contributed by atoms with Gasteiger partial charge in [0.2, 0.25) is 5.91 Å². The van der Waals surface area contributed by atoms with Crippen LogP contribution in [0.15, 0.2) is 30.3 Å². The molecule has 0 aromatic heterocycles. The standard InChI is InChI=1S/C18H27NO2/c20-14-12-16(15-7-3-1-4-8-15)11-13-19-18(21)17-9-5-2-6-10-17/h1,3-4,7-8,16-17,20H,2,5-6,9-14H2,(H,19,21). The van der Waals surface area contributed by atoms with Gasteiger partial charge in [-0.2, -0.15) is 0 Å². The molecule has 116 valence electrons. The van der Waals surface area contributed by atoms with Crippen LogP contribution in [0.25, 0.3) is 0 Å². The molecule has 3 nitrogen and oxygen atoms in total.